The molecule has 3 heteroatoms. The normalized spacial score (nSPS) is 11.9. The predicted molar refractivity (Wildman–Crippen MR) is 77.2 cm³/mol. The number of aromatic nitrogens is 1. The maximum absolute atomic E-state index is 5.99. The number of thioether (sulfide) groups is 1. The number of benzene rings is 1. The van der Waals surface area contributed by atoms with Crippen molar-refractivity contribution in [3.05, 3.63) is 35.9 Å². The first-order chi connectivity index (χ1) is 7.96. The van der Waals surface area contributed by atoms with Crippen molar-refractivity contribution in [2.75, 3.05) is 5.73 Å². The predicted octanol–water partition coefficient (Wildman–Crippen LogP) is 3.85. The summed E-state index contributed by atoms with van der Waals surface area (Å²) >= 11 is 1.89. The van der Waals surface area contributed by atoms with Gasteiger partial charge in [0.25, 0.3) is 0 Å². The van der Waals surface area contributed by atoms with Crippen LogP contribution in [0.4, 0.5) is 5.82 Å². The molecule has 2 nitrogen and oxygen atoms in total. The highest BCUT2D eigenvalue weighted by atomic mass is 32.2. The van der Waals surface area contributed by atoms with Crippen molar-refractivity contribution >= 4 is 28.5 Å². The number of nitrogens with zero attached hydrogens (tertiary/aromatic N) is 1. The van der Waals surface area contributed by atoms with Gasteiger partial charge in [-0.05, 0) is 12.1 Å². The summed E-state index contributed by atoms with van der Waals surface area (Å²) < 4.78 is 0.248. The second kappa shape index (κ2) is 4.57. The SMILES string of the molecule is CC(C)(C)SCc1cc2ccccc2nc1N. The number of para-hydroxylation sites is 1. The molecule has 0 saturated heterocycles. The van der Waals surface area contributed by atoms with Crippen molar-refractivity contribution in [3.8, 4) is 0 Å². The fraction of sp³-hybridized carbons (Fsp3) is 0.357. The van der Waals surface area contributed by atoms with Crippen molar-refractivity contribution in [2.45, 2.75) is 31.3 Å². The lowest BCUT2D eigenvalue weighted by molar-refractivity contribution is 0.802. The summed E-state index contributed by atoms with van der Waals surface area (Å²) in [6.07, 6.45) is 0. The Bertz CT molecular complexity index is 529. The Morgan fingerprint density at radius 2 is 1.94 bits per heavy atom. The van der Waals surface area contributed by atoms with Crippen LogP contribution in [0, 0.1) is 0 Å². The van der Waals surface area contributed by atoms with E-state index in [2.05, 4.69) is 37.9 Å². The number of pyridine rings is 1. The van der Waals surface area contributed by atoms with Gasteiger partial charge in [0.05, 0.1) is 5.52 Å². The largest absolute Gasteiger partial charge is 0.383 e. The second-order valence-corrected chi connectivity index (χ2v) is 6.93. The Morgan fingerprint density at radius 3 is 2.65 bits per heavy atom. The van der Waals surface area contributed by atoms with Crippen LogP contribution in [0.25, 0.3) is 10.9 Å². The van der Waals surface area contributed by atoms with Crippen molar-refractivity contribution in [1.29, 1.82) is 0 Å². The first-order valence-corrected chi connectivity index (χ1v) is 6.72. The van der Waals surface area contributed by atoms with Crippen molar-refractivity contribution in [1.82, 2.24) is 4.98 Å². The number of rotatable bonds is 2. The van der Waals surface area contributed by atoms with Crippen molar-refractivity contribution < 1.29 is 0 Å². The number of anilines is 1. The van der Waals surface area contributed by atoms with Gasteiger partial charge >= 0.3 is 0 Å². The molecule has 0 aliphatic carbocycles. The van der Waals surface area contributed by atoms with Gasteiger partial charge in [-0.25, -0.2) is 4.98 Å². The van der Waals surface area contributed by atoms with Crippen LogP contribution in [0.2, 0.25) is 0 Å². The minimum absolute atomic E-state index is 0.248. The molecule has 90 valence electrons. The van der Waals surface area contributed by atoms with E-state index in [4.69, 9.17) is 5.73 Å². The zero-order chi connectivity index (χ0) is 12.5. The summed E-state index contributed by atoms with van der Waals surface area (Å²) in [5, 5.41) is 1.16. The van der Waals surface area contributed by atoms with Gasteiger partial charge in [-0.15, -0.1) is 0 Å². The molecule has 0 aliphatic rings. The monoisotopic (exact) mass is 246 g/mol. The molecule has 0 unspecified atom stereocenters. The first-order valence-electron chi connectivity index (χ1n) is 5.74. The fourth-order valence-corrected chi connectivity index (χ4v) is 2.40. The van der Waals surface area contributed by atoms with Crippen LogP contribution in [0.3, 0.4) is 0 Å². The average Bonchev–Trinajstić information content (AvgIpc) is 2.25. The third-order valence-corrected chi connectivity index (χ3v) is 3.82. The van der Waals surface area contributed by atoms with E-state index in [1.165, 1.54) is 0 Å². The Balaban J connectivity index is 2.31. The van der Waals surface area contributed by atoms with Crippen molar-refractivity contribution in [3.63, 3.8) is 0 Å². The maximum Gasteiger partial charge on any atom is 0.128 e. The van der Waals surface area contributed by atoms with Gasteiger partial charge in [0.15, 0.2) is 0 Å². The Morgan fingerprint density at radius 1 is 1.24 bits per heavy atom. The van der Waals surface area contributed by atoms with Gasteiger partial charge in [-0.2, -0.15) is 11.8 Å². The minimum Gasteiger partial charge on any atom is -0.383 e. The average molecular weight is 246 g/mol. The summed E-state index contributed by atoms with van der Waals surface area (Å²) in [5.41, 5.74) is 8.09. The van der Waals surface area contributed by atoms with E-state index in [0.717, 1.165) is 22.2 Å². The third-order valence-electron chi connectivity index (χ3n) is 2.50. The Kier molecular flexibility index (Phi) is 3.29. The number of nitrogen functional groups attached to an aromatic ring is 1. The second-order valence-electron chi connectivity index (χ2n) is 5.13. The molecule has 2 N–H and O–H groups in total. The molecule has 0 aliphatic heterocycles. The van der Waals surface area contributed by atoms with Gasteiger partial charge in [0, 0.05) is 21.4 Å². The van der Waals surface area contributed by atoms with Crippen LogP contribution < -0.4 is 5.73 Å². The lowest BCUT2D eigenvalue weighted by Crippen LogP contribution is -2.08. The van der Waals surface area contributed by atoms with Crippen LogP contribution in [0.15, 0.2) is 30.3 Å². The van der Waals surface area contributed by atoms with Crippen molar-refractivity contribution in [2.24, 2.45) is 0 Å². The molecular formula is C14H18N2S. The summed E-state index contributed by atoms with van der Waals surface area (Å²) in [4.78, 5) is 4.44. The maximum atomic E-state index is 5.99. The molecule has 2 aromatic rings. The van der Waals surface area contributed by atoms with Gasteiger partial charge in [0.2, 0.25) is 0 Å². The molecule has 0 atom stereocenters. The van der Waals surface area contributed by atoms with Gasteiger partial charge in [-0.1, -0.05) is 39.0 Å². The topological polar surface area (TPSA) is 38.9 Å². The number of hydrogen-bond acceptors (Lipinski definition) is 3. The summed E-state index contributed by atoms with van der Waals surface area (Å²) in [7, 11) is 0. The van der Waals surface area contributed by atoms with Crippen LogP contribution in [0.1, 0.15) is 26.3 Å². The lowest BCUT2D eigenvalue weighted by atomic mass is 10.1. The lowest BCUT2D eigenvalue weighted by Gasteiger charge is -2.18. The third kappa shape index (κ3) is 3.13. The summed E-state index contributed by atoms with van der Waals surface area (Å²) in [5.74, 6) is 1.56. The van der Waals surface area contributed by atoms with E-state index in [9.17, 15) is 0 Å². The molecule has 0 amide bonds. The highest BCUT2D eigenvalue weighted by molar-refractivity contribution is 7.99. The van der Waals surface area contributed by atoms with Gasteiger partial charge in [0.1, 0.15) is 5.82 Å². The molecule has 0 fully saturated rings. The van der Waals surface area contributed by atoms with E-state index in [0.29, 0.717) is 5.82 Å². The zero-order valence-electron chi connectivity index (χ0n) is 10.5. The first kappa shape index (κ1) is 12.2. The molecular weight excluding hydrogens is 228 g/mol. The highest BCUT2D eigenvalue weighted by Gasteiger charge is 2.12. The van der Waals surface area contributed by atoms with Crippen LogP contribution in [-0.2, 0) is 5.75 Å². The van der Waals surface area contributed by atoms with Gasteiger partial charge in [-0.3, -0.25) is 0 Å². The molecule has 1 aromatic carbocycles. The zero-order valence-corrected chi connectivity index (χ0v) is 11.3. The van der Waals surface area contributed by atoms with E-state index in [-0.39, 0.29) is 4.75 Å². The highest BCUT2D eigenvalue weighted by Crippen LogP contribution is 2.30. The van der Waals surface area contributed by atoms with Gasteiger partial charge < -0.3 is 5.73 Å². The van der Waals surface area contributed by atoms with E-state index >= 15 is 0 Å². The summed E-state index contributed by atoms with van der Waals surface area (Å²) in [6.45, 7) is 6.63. The van der Waals surface area contributed by atoms with Crippen LogP contribution in [0.5, 0.6) is 0 Å². The minimum atomic E-state index is 0.248. The Labute approximate surface area is 107 Å². The molecule has 2 rings (SSSR count). The van der Waals surface area contributed by atoms with Crippen LogP contribution in [-0.4, -0.2) is 9.73 Å². The van der Waals surface area contributed by atoms with E-state index < -0.39 is 0 Å². The number of hydrogen-bond donors (Lipinski definition) is 1. The number of nitrogens with two attached hydrogens (primary N) is 1. The fourth-order valence-electron chi connectivity index (χ4n) is 1.58. The number of fused-ring (bicyclic) bond motifs is 1. The molecule has 0 spiro atoms. The molecule has 0 radical (unpaired) electrons. The molecule has 0 saturated carbocycles. The van der Waals surface area contributed by atoms with E-state index in [1.807, 2.05) is 30.0 Å². The summed E-state index contributed by atoms with van der Waals surface area (Å²) in [6, 6.07) is 10.2. The Hall–Kier alpha value is -1.22. The van der Waals surface area contributed by atoms with E-state index in [1.54, 1.807) is 0 Å². The molecule has 0 bridgehead atoms. The smallest absolute Gasteiger partial charge is 0.128 e. The standard InChI is InChI=1S/C14H18N2S/c1-14(2,3)17-9-11-8-10-6-4-5-7-12(10)16-13(11)15/h4-8H,9H2,1-3H3,(H2,15,16). The van der Waals surface area contributed by atoms with Crippen LogP contribution >= 0.6 is 11.8 Å². The molecule has 17 heavy (non-hydrogen) atoms. The quantitative estimate of drug-likeness (QED) is 0.874. The molecule has 1 heterocycles. The molecule has 1 aromatic heterocycles.